The van der Waals surface area contributed by atoms with Gasteiger partial charge in [0.25, 0.3) is 0 Å². The van der Waals surface area contributed by atoms with Gasteiger partial charge in [0.05, 0.1) is 11.1 Å². The van der Waals surface area contributed by atoms with Gasteiger partial charge in [0, 0.05) is 19.0 Å². The normalized spacial score (nSPS) is 26.0. The summed E-state index contributed by atoms with van der Waals surface area (Å²) in [5.41, 5.74) is 7.05. The van der Waals surface area contributed by atoms with Crippen molar-refractivity contribution in [1.29, 1.82) is 0 Å². The quantitative estimate of drug-likeness (QED) is 0.824. The molecule has 104 valence electrons. The molecule has 1 heterocycles. The number of β-amino-alcohol motifs (C(OH)–C–C–N with tert-alkyl or cyclic N) is 1. The van der Waals surface area contributed by atoms with E-state index >= 15 is 0 Å². The van der Waals surface area contributed by atoms with E-state index in [0.29, 0.717) is 17.5 Å². The molecule has 1 aromatic carbocycles. The van der Waals surface area contributed by atoms with E-state index in [-0.39, 0.29) is 12.0 Å². The number of nitrogens with zero attached hydrogens (tertiary/aromatic N) is 1. The van der Waals surface area contributed by atoms with Gasteiger partial charge in [-0.25, -0.2) is 0 Å². The van der Waals surface area contributed by atoms with Gasteiger partial charge >= 0.3 is 0 Å². The van der Waals surface area contributed by atoms with Gasteiger partial charge < -0.3 is 10.8 Å². The monoisotopic (exact) mass is 278 g/mol. The van der Waals surface area contributed by atoms with Gasteiger partial charge in [0.1, 0.15) is 0 Å². The van der Waals surface area contributed by atoms with E-state index in [4.69, 9.17) is 18.0 Å². The minimum atomic E-state index is -0.239. The van der Waals surface area contributed by atoms with Gasteiger partial charge in [-0.3, -0.25) is 4.90 Å². The van der Waals surface area contributed by atoms with Crippen molar-refractivity contribution in [2.75, 3.05) is 19.6 Å². The van der Waals surface area contributed by atoms with Crippen LogP contribution in [0.1, 0.15) is 24.8 Å². The Morgan fingerprint density at radius 1 is 1.47 bits per heavy atom. The van der Waals surface area contributed by atoms with Gasteiger partial charge in [-0.1, -0.05) is 49.5 Å². The van der Waals surface area contributed by atoms with E-state index in [9.17, 15) is 5.11 Å². The summed E-state index contributed by atoms with van der Waals surface area (Å²) in [4.78, 5) is 2.79. The molecule has 1 fully saturated rings. The molecule has 3 atom stereocenters. The second-order valence-electron chi connectivity index (χ2n) is 5.46. The van der Waals surface area contributed by atoms with Crippen molar-refractivity contribution in [2.24, 2.45) is 11.7 Å². The maximum absolute atomic E-state index is 9.96. The van der Waals surface area contributed by atoms with Crippen LogP contribution in [0.25, 0.3) is 0 Å². The van der Waals surface area contributed by atoms with E-state index in [1.165, 1.54) is 0 Å². The lowest BCUT2D eigenvalue weighted by molar-refractivity contribution is 0.0289. The Labute approximate surface area is 120 Å². The molecule has 1 aromatic rings. The van der Waals surface area contributed by atoms with Crippen LogP contribution in [-0.4, -0.2) is 40.7 Å². The highest BCUT2D eigenvalue weighted by molar-refractivity contribution is 7.80. The summed E-state index contributed by atoms with van der Waals surface area (Å²) < 4.78 is 0. The average Bonchev–Trinajstić information content (AvgIpc) is 2.40. The summed E-state index contributed by atoms with van der Waals surface area (Å²) in [6.07, 6.45) is 0.788. The molecule has 2 rings (SSSR count). The minimum absolute atomic E-state index is 0.0665. The Balaban J connectivity index is 2.04. The predicted molar refractivity (Wildman–Crippen MR) is 82.2 cm³/mol. The number of benzene rings is 1. The molecular formula is C15H22N2OS. The lowest BCUT2D eigenvalue weighted by atomic mass is 9.93. The van der Waals surface area contributed by atoms with E-state index in [0.717, 1.165) is 25.1 Å². The molecule has 0 spiro atoms. The summed E-state index contributed by atoms with van der Waals surface area (Å²) >= 11 is 5.21. The predicted octanol–water partition coefficient (Wildman–Crippen LogP) is 1.76. The Hall–Kier alpha value is -0.970. The maximum atomic E-state index is 9.96. The first kappa shape index (κ1) is 14.4. The number of hydrogen-bond acceptors (Lipinski definition) is 3. The van der Waals surface area contributed by atoms with Crippen LogP contribution in [0.2, 0.25) is 0 Å². The smallest absolute Gasteiger partial charge is 0.0816 e. The molecule has 3 nitrogen and oxygen atoms in total. The molecule has 4 heteroatoms. The number of nitrogens with two attached hydrogens (primary N) is 1. The van der Waals surface area contributed by atoms with Crippen LogP contribution >= 0.6 is 12.2 Å². The number of thiocarbonyl (C=S) groups is 1. The molecule has 0 bridgehead atoms. The largest absolute Gasteiger partial charge is 0.393 e. The van der Waals surface area contributed by atoms with Crippen LogP contribution < -0.4 is 5.73 Å². The van der Waals surface area contributed by atoms with Gasteiger partial charge in [-0.15, -0.1) is 0 Å². The molecule has 1 saturated heterocycles. The Kier molecular flexibility index (Phi) is 4.91. The fourth-order valence-electron chi connectivity index (χ4n) is 2.58. The van der Waals surface area contributed by atoms with Crippen LogP contribution in [0, 0.1) is 5.92 Å². The third-order valence-corrected chi connectivity index (χ3v) is 4.27. The fraction of sp³-hybridized carbons (Fsp3) is 0.533. The second-order valence-corrected chi connectivity index (χ2v) is 5.93. The number of aliphatic hydroxyl groups excluding tert-OH is 1. The molecule has 19 heavy (non-hydrogen) atoms. The van der Waals surface area contributed by atoms with Crippen molar-refractivity contribution in [1.82, 2.24) is 4.90 Å². The zero-order chi connectivity index (χ0) is 13.8. The number of rotatable bonds is 4. The van der Waals surface area contributed by atoms with Crippen molar-refractivity contribution in [3.63, 3.8) is 0 Å². The van der Waals surface area contributed by atoms with Gasteiger partial charge in [0.15, 0.2) is 0 Å². The highest BCUT2D eigenvalue weighted by atomic mass is 32.1. The zero-order valence-corrected chi connectivity index (χ0v) is 12.1. The van der Waals surface area contributed by atoms with E-state index in [2.05, 4.69) is 24.0 Å². The van der Waals surface area contributed by atoms with Crippen LogP contribution in [0.15, 0.2) is 30.3 Å². The van der Waals surface area contributed by atoms with E-state index < -0.39 is 0 Å². The fourth-order valence-corrected chi connectivity index (χ4v) is 2.79. The number of likely N-dealkylation sites (tertiary alicyclic amines) is 1. The van der Waals surface area contributed by atoms with E-state index in [1.807, 2.05) is 18.2 Å². The highest BCUT2D eigenvalue weighted by Crippen LogP contribution is 2.22. The van der Waals surface area contributed by atoms with Gasteiger partial charge in [-0.2, -0.15) is 0 Å². The van der Waals surface area contributed by atoms with Crippen LogP contribution in [-0.2, 0) is 0 Å². The molecule has 0 aromatic heterocycles. The lowest BCUT2D eigenvalue weighted by Gasteiger charge is -2.36. The highest BCUT2D eigenvalue weighted by Gasteiger charge is 2.27. The minimum Gasteiger partial charge on any atom is -0.393 e. The summed E-state index contributed by atoms with van der Waals surface area (Å²) in [5, 5.41) is 9.96. The molecule has 1 aliphatic heterocycles. The van der Waals surface area contributed by atoms with Crippen molar-refractivity contribution < 1.29 is 5.11 Å². The molecule has 3 N–H and O–H groups in total. The Bertz CT molecular complexity index is 423. The molecule has 1 aliphatic rings. The van der Waals surface area contributed by atoms with Gasteiger partial charge in [-0.05, 0) is 24.4 Å². The second kappa shape index (κ2) is 6.46. The lowest BCUT2D eigenvalue weighted by Crippen LogP contribution is -2.45. The number of piperidine rings is 1. The first-order chi connectivity index (χ1) is 9.08. The molecule has 3 unspecified atom stereocenters. The molecular weight excluding hydrogens is 256 g/mol. The Morgan fingerprint density at radius 3 is 2.74 bits per heavy atom. The molecule has 0 radical (unpaired) electrons. The number of aliphatic hydroxyl groups is 1. The first-order valence-electron chi connectivity index (χ1n) is 6.82. The van der Waals surface area contributed by atoms with Crippen molar-refractivity contribution in [3.05, 3.63) is 35.9 Å². The third kappa shape index (κ3) is 3.75. The summed E-state index contributed by atoms with van der Waals surface area (Å²) in [7, 11) is 0. The van der Waals surface area contributed by atoms with E-state index in [1.54, 1.807) is 0 Å². The SMILES string of the molecule is CC1CCN(CC(C(N)=S)c2ccccc2)CC1O. The third-order valence-electron chi connectivity index (χ3n) is 3.99. The van der Waals surface area contributed by atoms with Gasteiger partial charge in [0.2, 0.25) is 0 Å². The summed E-state index contributed by atoms with van der Waals surface area (Å²) in [6.45, 7) is 4.62. The maximum Gasteiger partial charge on any atom is 0.0816 e. The standard InChI is InChI=1S/C15H22N2OS/c1-11-7-8-17(10-14(11)18)9-13(15(16)19)12-5-3-2-4-6-12/h2-6,11,13-14,18H,7-10H2,1H3,(H2,16,19). The number of hydrogen-bond donors (Lipinski definition) is 2. The van der Waals surface area contributed by atoms with Crippen LogP contribution in [0.5, 0.6) is 0 Å². The topological polar surface area (TPSA) is 49.5 Å². The molecule has 0 saturated carbocycles. The zero-order valence-electron chi connectivity index (χ0n) is 11.3. The van der Waals surface area contributed by atoms with Crippen molar-refractivity contribution >= 4 is 17.2 Å². The summed E-state index contributed by atoms with van der Waals surface area (Å²) in [6, 6.07) is 10.1. The molecule has 0 amide bonds. The van der Waals surface area contributed by atoms with Crippen LogP contribution in [0.4, 0.5) is 0 Å². The molecule has 0 aliphatic carbocycles. The first-order valence-corrected chi connectivity index (χ1v) is 7.23. The average molecular weight is 278 g/mol. The van der Waals surface area contributed by atoms with Crippen molar-refractivity contribution in [2.45, 2.75) is 25.4 Å². The van der Waals surface area contributed by atoms with Crippen LogP contribution in [0.3, 0.4) is 0 Å². The summed E-state index contributed by atoms with van der Waals surface area (Å²) in [5.74, 6) is 0.452. The van der Waals surface area contributed by atoms with Crippen molar-refractivity contribution in [3.8, 4) is 0 Å². The Morgan fingerprint density at radius 2 is 2.16 bits per heavy atom.